The summed E-state index contributed by atoms with van der Waals surface area (Å²) in [6, 6.07) is 5.61. The number of hydrogen-bond donors (Lipinski definition) is 1. The molecular formula is C18H21N3O4S. The molecule has 4 rings (SSSR count). The third-order valence-electron chi connectivity index (χ3n) is 4.92. The van der Waals surface area contributed by atoms with Gasteiger partial charge in [-0.1, -0.05) is 0 Å². The molecule has 1 saturated heterocycles. The second-order valence-electron chi connectivity index (χ2n) is 6.95. The molecule has 1 aromatic rings. The second-order valence-corrected chi connectivity index (χ2v) is 8.33. The topological polar surface area (TPSA) is 79.0 Å². The van der Waals surface area contributed by atoms with Crippen molar-refractivity contribution in [3.63, 3.8) is 0 Å². The third kappa shape index (κ3) is 3.13. The zero-order chi connectivity index (χ0) is 18.4. The van der Waals surface area contributed by atoms with E-state index >= 15 is 0 Å². The van der Waals surface area contributed by atoms with E-state index in [2.05, 4.69) is 5.32 Å². The minimum absolute atomic E-state index is 0.0476. The molecule has 2 fully saturated rings. The molecule has 1 aromatic carbocycles. The highest BCUT2D eigenvalue weighted by Crippen LogP contribution is 2.41. The minimum atomic E-state index is -0.408. The van der Waals surface area contributed by atoms with Gasteiger partial charge in [0.25, 0.3) is 0 Å². The zero-order valence-electron chi connectivity index (χ0n) is 14.7. The highest BCUT2D eigenvalue weighted by atomic mass is 32.2. The summed E-state index contributed by atoms with van der Waals surface area (Å²) in [6.07, 6.45) is 1.14. The van der Waals surface area contributed by atoms with Crippen molar-refractivity contribution in [2.75, 3.05) is 29.9 Å². The SMILES string of the molecule is CC1Sc2cc(N3CC(CNC(=O)C4CC4)OC3=O)ccc2N(C)C1=O. The lowest BCUT2D eigenvalue weighted by Gasteiger charge is -2.30. The number of anilines is 2. The van der Waals surface area contributed by atoms with Crippen molar-refractivity contribution in [2.24, 2.45) is 5.92 Å². The number of benzene rings is 1. The number of nitrogens with one attached hydrogen (secondary N) is 1. The van der Waals surface area contributed by atoms with Gasteiger partial charge >= 0.3 is 6.09 Å². The number of cyclic esters (lactones) is 1. The molecule has 1 N–H and O–H groups in total. The van der Waals surface area contributed by atoms with E-state index in [0.29, 0.717) is 13.1 Å². The molecule has 7 nitrogen and oxygen atoms in total. The van der Waals surface area contributed by atoms with Gasteiger partial charge in [-0.15, -0.1) is 11.8 Å². The summed E-state index contributed by atoms with van der Waals surface area (Å²) in [4.78, 5) is 40.3. The van der Waals surface area contributed by atoms with Crippen LogP contribution in [0, 0.1) is 5.92 Å². The maximum atomic E-state index is 12.2. The number of hydrogen-bond acceptors (Lipinski definition) is 5. The first-order chi connectivity index (χ1) is 12.4. The van der Waals surface area contributed by atoms with Gasteiger partial charge in [0.1, 0.15) is 6.10 Å². The van der Waals surface area contributed by atoms with Crippen molar-refractivity contribution in [3.8, 4) is 0 Å². The Labute approximate surface area is 156 Å². The quantitative estimate of drug-likeness (QED) is 0.871. The highest BCUT2D eigenvalue weighted by molar-refractivity contribution is 8.01. The van der Waals surface area contributed by atoms with Crippen LogP contribution < -0.4 is 15.1 Å². The van der Waals surface area contributed by atoms with Crippen LogP contribution in [0.5, 0.6) is 0 Å². The lowest BCUT2D eigenvalue weighted by atomic mass is 10.2. The standard InChI is InChI=1S/C18H21N3O4S/c1-10-17(23)20(2)14-6-5-12(7-15(14)26-10)21-9-13(25-18(21)24)8-19-16(22)11-3-4-11/h5-7,10-11,13H,3-4,8-9H2,1-2H3,(H,19,22). The van der Waals surface area contributed by atoms with E-state index in [1.54, 1.807) is 16.8 Å². The normalized spacial score (nSPS) is 25.2. The minimum Gasteiger partial charge on any atom is -0.442 e. The maximum Gasteiger partial charge on any atom is 0.414 e. The Morgan fingerprint density at radius 3 is 2.85 bits per heavy atom. The van der Waals surface area contributed by atoms with Gasteiger partial charge in [0.05, 0.1) is 24.0 Å². The first-order valence-electron chi connectivity index (χ1n) is 8.78. The van der Waals surface area contributed by atoms with E-state index < -0.39 is 6.09 Å². The van der Waals surface area contributed by atoms with Crippen LogP contribution in [-0.4, -0.2) is 49.4 Å². The molecule has 2 aliphatic heterocycles. The number of thioether (sulfide) groups is 1. The van der Waals surface area contributed by atoms with Crippen molar-refractivity contribution in [2.45, 2.75) is 36.0 Å². The predicted octanol–water partition coefficient (Wildman–Crippen LogP) is 1.99. The summed E-state index contributed by atoms with van der Waals surface area (Å²) in [6.45, 7) is 2.62. The fourth-order valence-electron chi connectivity index (χ4n) is 3.22. The average molecular weight is 375 g/mol. The first kappa shape index (κ1) is 17.2. The molecule has 1 saturated carbocycles. The molecule has 138 valence electrons. The van der Waals surface area contributed by atoms with Gasteiger partial charge in [0.2, 0.25) is 11.8 Å². The van der Waals surface area contributed by atoms with Crippen LogP contribution in [-0.2, 0) is 14.3 Å². The number of carbonyl (C=O) groups excluding carboxylic acids is 3. The number of rotatable bonds is 4. The van der Waals surface area contributed by atoms with Crippen molar-refractivity contribution in [1.29, 1.82) is 0 Å². The summed E-state index contributed by atoms with van der Waals surface area (Å²) in [5.74, 6) is 0.260. The number of ether oxygens (including phenoxy) is 1. The van der Waals surface area contributed by atoms with E-state index in [1.807, 2.05) is 25.1 Å². The largest absolute Gasteiger partial charge is 0.442 e. The van der Waals surface area contributed by atoms with E-state index in [1.165, 1.54) is 11.8 Å². The lowest BCUT2D eigenvalue weighted by molar-refractivity contribution is -0.122. The molecule has 2 heterocycles. The average Bonchev–Trinajstić information content (AvgIpc) is 3.40. The Kier molecular flexibility index (Phi) is 4.30. The van der Waals surface area contributed by atoms with Crippen LogP contribution >= 0.6 is 11.8 Å². The van der Waals surface area contributed by atoms with E-state index in [0.717, 1.165) is 29.1 Å². The summed E-state index contributed by atoms with van der Waals surface area (Å²) >= 11 is 1.50. The van der Waals surface area contributed by atoms with E-state index in [-0.39, 0.29) is 29.1 Å². The van der Waals surface area contributed by atoms with Crippen LogP contribution in [0.2, 0.25) is 0 Å². The summed E-state index contributed by atoms with van der Waals surface area (Å²) < 4.78 is 5.38. The number of nitrogens with zero attached hydrogens (tertiary/aromatic N) is 2. The predicted molar refractivity (Wildman–Crippen MR) is 98.5 cm³/mol. The van der Waals surface area contributed by atoms with Gasteiger partial charge in [-0.25, -0.2) is 4.79 Å². The molecule has 3 aliphatic rings. The molecular weight excluding hydrogens is 354 g/mol. The zero-order valence-corrected chi connectivity index (χ0v) is 15.5. The monoisotopic (exact) mass is 375 g/mol. The van der Waals surface area contributed by atoms with Crippen molar-refractivity contribution in [1.82, 2.24) is 5.32 Å². The molecule has 0 bridgehead atoms. The molecule has 0 radical (unpaired) electrons. The van der Waals surface area contributed by atoms with Gasteiger partial charge in [-0.3, -0.25) is 14.5 Å². The van der Waals surface area contributed by atoms with Crippen LogP contribution in [0.4, 0.5) is 16.2 Å². The van der Waals surface area contributed by atoms with Gasteiger partial charge in [0, 0.05) is 23.5 Å². The summed E-state index contributed by atoms with van der Waals surface area (Å²) in [7, 11) is 1.76. The molecule has 1 aliphatic carbocycles. The second kappa shape index (κ2) is 6.50. The fourth-order valence-corrected chi connectivity index (χ4v) is 4.37. The van der Waals surface area contributed by atoms with Crippen molar-refractivity contribution >= 4 is 41.0 Å². The van der Waals surface area contributed by atoms with Gasteiger partial charge in [-0.2, -0.15) is 0 Å². The molecule has 0 aromatic heterocycles. The molecule has 3 amide bonds. The van der Waals surface area contributed by atoms with Crippen LogP contribution in [0.15, 0.2) is 23.1 Å². The number of fused-ring (bicyclic) bond motifs is 1. The van der Waals surface area contributed by atoms with Gasteiger partial charge < -0.3 is 15.0 Å². The highest BCUT2D eigenvalue weighted by Gasteiger charge is 2.36. The first-order valence-corrected chi connectivity index (χ1v) is 9.66. The molecule has 2 unspecified atom stereocenters. The van der Waals surface area contributed by atoms with Crippen LogP contribution in [0.25, 0.3) is 0 Å². The summed E-state index contributed by atoms with van der Waals surface area (Å²) in [5.41, 5.74) is 1.59. The Balaban J connectivity index is 1.46. The molecule has 2 atom stereocenters. The molecule has 0 spiro atoms. The smallest absolute Gasteiger partial charge is 0.414 e. The molecule has 26 heavy (non-hydrogen) atoms. The molecule has 8 heteroatoms. The third-order valence-corrected chi connectivity index (χ3v) is 6.06. The van der Waals surface area contributed by atoms with Crippen molar-refractivity contribution < 1.29 is 19.1 Å². The summed E-state index contributed by atoms with van der Waals surface area (Å²) in [5, 5.41) is 2.70. The maximum absolute atomic E-state index is 12.2. The Morgan fingerprint density at radius 2 is 2.12 bits per heavy atom. The fraction of sp³-hybridized carbons (Fsp3) is 0.500. The Bertz CT molecular complexity index is 780. The van der Waals surface area contributed by atoms with Gasteiger partial charge in [0.15, 0.2) is 0 Å². The Morgan fingerprint density at radius 1 is 1.35 bits per heavy atom. The van der Waals surface area contributed by atoms with Gasteiger partial charge in [-0.05, 0) is 38.0 Å². The number of amides is 3. The van der Waals surface area contributed by atoms with Crippen LogP contribution in [0.3, 0.4) is 0 Å². The van der Waals surface area contributed by atoms with E-state index in [9.17, 15) is 14.4 Å². The Hall–Kier alpha value is -2.22. The lowest BCUT2D eigenvalue weighted by Crippen LogP contribution is -2.36. The van der Waals surface area contributed by atoms with Crippen molar-refractivity contribution in [3.05, 3.63) is 18.2 Å². The van der Waals surface area contributed by atoms with Crippen LogP contribution in [0.1, 0.15) is 19.8 Å². The number of carbonyl (C=O) groups is 3. The van der Waals surface area contributed by atoms with E-state index in [4.69, 9.17) is 4.74 Å².